The van der Waals surface area contributed by atoms with E-state index in [2.05, 4.69) is 354 Å². The summed E-state index contributed by atoms with van der Waals surface area (Å²) in [6.45, 7) is 62.8. The first kappa shape index (κ1) is 117. The number of para-hydroxylation sites is 11. The van der Waals surface area contributed by atoms with Gasteiger partial charge in [-0.3, -0.25) is 0 Å². The van der Waals surface area contributed by atoms with Crippen molar-refractivity contribution in [2.24, 2.45) is 0 Å². The molecular formula is C107H162N4. The van der Waals surface area contributed by atoms with Crippen LogP contribution in [0.2, 0.25) is 0 Å². The molecule has 0 amide bonds. The number of anilines is 11. The molecule has 0 spiro atoms. The quantitative estimate of drug-likeness (QED) is 0.128. The molecule has 610 valence electrons. The molecular weight excluding hydrogens is 1340 g/mol. The summed E-state index contributed by atoms with van der Waals surface area (Å²) in [5.74, 6) is 0. The minimum atomic E-state index is 1.17. The Kier molecular flexibility index (Phi) is 101. The van der Waals surface area contributed by atoms with Crippen LogP contribution in [0.15, 0.2) is 364 Å². The molecule has 111 heavy (non-hydrogen) atoms. The molecule has 0 aliphatic rings. The van der Waals surface area contributed by atoms with E-state index < -0.39 is 0 Å². The van der Waals surface area contributed by atoms with Crippen molar-refractivity contribution in [3.63, 3.8) is 0 Å². The number of nitrogens with zero attached hydrogens (tertiary/aromatic N) is 4. The van der Waals surface area contributed by atoms with Crippen LogP contribution >= 0.6 is 0 Å². The molecule has 0 saturated carbocycles. The highest BCUT2D eigenvalue weighted by Gasteiger charge is 2.13. The lowest BCUT2D eigenvalue weighted by atomic mass is 10.2. The van der Waals surface area contributed by atoms with Crippen LogP contribution in [0.1, 0.15) is 233 Å². The first-order chi connectivity index (χ1) is 54.9. The summed E-state index contributed by atoms with van der Waals surface area (Å²) >= 11 is 0. The molecule has 12 rings (SSSR count). The number of hydrogen-bond acceptors (Lipinski definition) is 4. The van der Waals surface area contributed by atoms with Crippen molar-refractivity contribution in [2.45, 2.75) is 234 Å². The van der Waals surface area contributed by atoms with Crippen LogP contribution in [0.5, 0.6) is 0 Å². The summed E-state index contributed by atoms with van der Waals surface area (Å²) in [6.07, 6.45) is 3.75. The largest absolute Gasteiger partial charge is 0.345 e. The second-order valence-electron chi connectivity index (χ2n) is 20.0. The van der Waals surface area contributed by atoms with E-state index in [-0.39, 0.29) is 0 Å². The zero-order chi connectivity index (χ0) is 85.8. The van der Waals surface area contributed by atoms with E-state index in [1.165, 1.54) is 87.4 Å². The Labute approximate surface area is 688 Å². The van der Waals surface area contributed by atoms with Crippen LogP contribution in [-0.2, 0) is 0 Å². The van der Waals surface area contributed by atoms with Crippen LogP contribution in [-0.4, -0.2) is 7.05 Å². The van der Waals surface area contributed by atoms with Crippen molar-refractivity contribution in [2.75, 3.05) is 26.6 Å². The van der Waals surface area contributed by atoms with Gasteiger partial charge in [-0.05, 0) is 140 Å². The zero-order valence-electron chi connectivity index (χ0n) is 76.6. The van der Waals surface area contributed by atoms with E-state index in [9.17, 15) is 0 Å². The average molecular weight is 1500 g/mol. The molecule has 0 unspecified atom stereocenters. The van der Waals surface area contributed by atoms with Crippen LogP contribution in [0.4, 0.5) is 62.6 Å². The molecule has 12 aromatic carbocycles. The summed E-state index contributed by atoms with van der Waals surface area (Å²) in [5.41, 5.74) is 14.2. The molecule has 4 nitrogen and oxygen atoms in total. The van der Waals surface area contributed by atoms with Gasteiger partial charge in [0.05, 0.1) is 0 Å². The zero-order valence-corrected chi connectivity index (χ0v) is 76.6. The van der Waals surface area contributed by atoms with Crippen molar-refractivity contribution in [3.05, 3.63) is 370 Å². The van der Waals surface area contributed by atoms with Gasteiger partial charge in [0.1, 0.15) is 0 Å². The third-order valence-corrected chi connectivity index (χ3v) is 12.4. The van der Waals surface area contributed by atoms with E-state index in [1.54, 1.807) is 0 Å². The number of benzene rings is 12. The second kappa shape index (κ2) is 95.9. The Morgan fingerprint density at radius 3 is 0.306 bits per heavy atom. The lowest BCUT2D eigenvalue weighted by molar-refractivity contribution is 1.09. The maximum atomic E-state index is 2.25. The van der Waals surface area contributed by atoms with Crippen molar-refractivity contribution >= 4 is 62.6 Å². The molecule has 0 radical (unpaired) electrons. The van der Waals surface area contributed by atoms with Crippen molar-refractivity contribution in [1.29, 1.82) is 0 Å². The number of rotatable bonds is 11. The normalized spacial score (nSPS) is 8.11. The fraction of sp³-hybridized carbons (Fsp3) is 0.327. The number of aryl methyl sites for hydroxylation is 1. The summed E-state index contributed by atoms with van der Waals surface area (Å²) in [6, 6.07) is 125. The van der Waals surface area contributed by atoms with Crippen LogP contribution in [0.25, 0.3) is 0 Å². The van der Waals surface area contributed by atoms with Gasteiger partial charge < -0.3 is 19.6 Å². The molecule has 0 N–H and O–H groups in total. The van der Waals surface area contributed by atoms with Gasteiger partial charge in [-0.2, -0.15) is 0 Å². The first-order valence-corrected chi connectivity index (χ1v) is 42.6. The average Bonchev–Trinajstić information content (AvgIpc) is 0.835. The second-order valence-corrected chi connectivity index (χ2v) is 20.0. The van der Waals surface area contributed by atoms with Crippen LogP contribution in [0, 0.1) is 6.92 Å². The molecule has 0 atom stereocenters. The van der Waals surface area contributed by atoms with E-state index in [0.29, 0.717) is 0 Å². The molecule has 0 aromatic heterocycles. The molecule has 0 heterocycles. The van der Waals surface area contributed by atoms with E-state index >= 15 is 0 Å². The Bertz CT molecular complexity index is 2870. The highest BCUT2D eigenvalue weighted by molar-refractivity contribution is 5.78. The van der Waals surface area contributed by atoms with E-state index in [4.69, 9.17) is 0 Å². The molecule has 12 aromatic rings. The highest BCUT2D eigenvalue weighted by Crippen LogP contribution is 2.36. The van der Waals surface area contributed by atoms with Gasteiger partial charge in [-0.1, -0.05) is 463 Å². The maximum Gasteiger partial charge on any atom is 0.0461 e. The Balaban J connectivity index is -0.000000184. The van der Waals surface area contributed by atoms with Crippen molar-refractivity contribution in [1.82, 2.24) is 0 Å². The molecule has 0 bridgehead atoms. The van der Waals surface area contributed by atoms with Gasteiger partial charge in [0.15, 0.2) is 0 Å². The molecule has 4 heteroatoms. The standard InChI is InChI=1S/3C18H15N.C13H13N.C7H8.3C3H8.12C2H6/c3*1-4-10-16(11-5-1)19(17-12-6-2-7-13-17)18-14-8-3-9-15-18;1-14(12-8-4-2-5-9-12)13-10-6-3-7-11-13;1-7-5-3-2-4-6-7;3*1-3-2;12*1-2/h3*1-15H;2-11H,1H3;2-6H,1H3;3*3H2,1-2H3;12*1-2H3. The predicted octanol–water partition coefficient (Wildman–Crippen LogP) is 37.5. The van der Waals surface area contributed by atoms with E-state index in [1.807, 2.05) is 251 Å². The van der Waals surface area contributed by atoms with Gasteiger partial charge in [-0.25, -0.2) is 0 Å². The van der Waals surface area contributed by atoms with Crippen LogP contribution < -0.4 is 19.6 Å². The lowest BCUT2D eigenvalue weighted by Crippen LogP contribution is -2.09. The molecule has 0 aliphatic heterocycles. The smallest absolute Gasteiger partial charge is 0.0461 e. The van der Waals surface area contributed by atoms with Gasteiger partial charge in [0, 0.05) is 69.6 Å². The van der Waals surface area contributed by atoms with Crippen molar-refractivity contribution < 1.29 is 0 Å². The minimum Gasteiger partial charge on any atom is -0.345 e. The van der Waals surface area contributed by atoms with Gasteiger partial charge in [0.25, 0.3) is 0 Å². The third-order valence-electron chi connectivity index (χ3n) is 12.4. The van der Waals surface area contributed by atoms with Gasteiger partial charge in [0.2, 0.25) is 0 Å². The summed E-state index contributed by atoms with van der Waals surface area (Å²) in [4.78, 5) is 8.92. The molecule has 0 fully saturated rings. The molecule has 0 saturated heterocycles. The predicted molar refractivity (Wildman–Crippen MR) is 520 cm³/mol. The van der Waals surface area contributed by atoms with Crippen molar-refractivity contribution in [3.8, 4) is 0 Å². The Morgan fingerprint density at radius 2 is 0.225 bits per heavy atom. The maximum absolute atomic E-state index is 2.25. The first-order valence-electron chi connectivity index (χ1n) is 42.6. The fourth-order valence-electron chi connectivity index (χ4n) is 8.52. The fourth-order valence-corrected chi connectivity index (χ4v) is 8.52. The highest BCUT2D eigenvalue weighted by atomic mass is 15.2. The summed E-state index contributed by atoms with van der Waals surface area (Å²) in [5, 5.41) is 0. The van der Waals surface area contributed by atoms with Crippen LogP contribution in [0.3, 0.4) is 0 Å². The Hall–Kier alpha value is -10.2. The van der Waals surface area contributed by atoms with E-state index in [0.717, 1.165) is 0 Å². The summed E-state index contributed by atoms with van der Waals surface area (Å²) < 4.78 is 0. The van der Waals surface area contributed by atoms with Gasteiger partial charge >= 0.3 is 0 Å². The Morgan fingerprint density at radius 1 is 0.144 bits per heavy atom. The summed E-state index contributed by atoms with van der Waals surface area (Å²) in [7, 11) is 2.07. The lowest BCUT2D eigenvalue weighted by Gasteiger charge is -2.25. The van der Waals surface area contributed by atoms with Gasteiger partial charge in [-0.15, -0.1) is 0 Å². The monoisotopic (exact) mass is 1500 g/mol. The third kappa shape index (κ3) is 56.7. The molecule has 0 aliphatic carbocycles. The minimum absolute atomic E-state index is 1.17. The number of hydrogen-bond donors (Lipinski definition) is 0. The SMILES string of the molecule is CC.CC.CC.CC.CC.CC.CC.CC.CC.CC.CC.CC.CCC.CCC.CCC.CN(c1ccccc1)c1ccccc1.Cc1ccccc1.c1ccc(N(c2ccccc2)c2ccccc2)cc1.c1ccc(N(c2ccccc2)c2ccccc2)cc1.c1ccc(N(c2ccccc2)c2ccccc2)cc1. The topological polar surface area (TPSA) is 13.0 Å².